The molecule has 0 aliphatic rings. The highest BCUT2D eigenvalue weighted by Gasteiger charge is 2.05. The van der Waals surface area contributed by atoms with Crippen LogP contribution in [0.15, 0.2) is 30.6 Å². The normalized spacial score (nSPS) is 10.2. The molecule has 0 saturated heterocycles. The number of aromatic nitrogens is 3. The molecular weight excluding hydrogens is 225 g/mol. The Morgan fingerprint density at radius 3 is 3.00 bits per heavy atom. The van der Waals surface area contributed by atoms with Crippen LogP contribution in [0.1, 0.15) is 0 Å². The zero-order chi connectivity index (χ0) is 12.3. The van der Waals surface area contributed by atoms with Gasteiger partial charge in [0.2, 0.25) is 11.9 Å². The van der Waals surface area contributed by atoms with Gasteiger partial charge in [-0.2, -0.15) is 0 Å². The predicted octanol–water partition coefficient (Wildman–Crippen LogP) is 0.638. The van der Waals surface area contributed by atoms with Gasteiger partial charge in [0.1, 0.15) is 18.7 Å². The quantitative estimate of drug-likeness (QED) is 0.817. The van der Waals surface area contributed by atoms with E-state index in [9.17, 15) is 9.18 Å². The third kappa shape index (κ3) is 3.00. The molecule has 17 heavy (non-hydrogen) atoms. The van der Waals surface area contributed by atoms with Gasteiger partial charge < -0.3 is 11.1 Å². The summed E-state index contributed by atoms with van der Waals surface area (Å²) in [5.41, 5.74) is 5.69. The number of nitrogens with zero attached hydrogens (tertiary/aromatic N) is 3. The van der Waals surface area contributed by atoms with Crippen LogP contribution >= 0.6 is 0 Å². The topological polar surface area (TPSA) is 85.8 Å². The Kier molecular flexibility index (Phi) is 2.99. The molecule has 0 unspecified atom stereocenters. The molecule has 1 aromatic heterocycles. The predicted molar refractivity (Wildman–Crippen MR) is 59.5 cm³/mol. The fourth-order valence-corrected chi connectivity index (χ4v) is 1.30. The van der Waals surface area contributed by atoms with Crippen LogP contribution in [0.2, 0.25) is 0 Å². The van der Waals surface area contributed by atoms with Gasteiger partial charge in [-0.1, -0.05) is 6.07 Å². The molecule has 1 aromatic carbocycles. The van der Waals surface area contributed by atoms with Crippen LogP contribution in [0.3, 0.4) is 0 Å². The van der Waals surface area contributed by atoms with Crippen molar-refractivity contribution in [3.8, 4) is 0 Å². The monoisotopic (exact) mass is 235 g/mol. The number of rotatable bonds is 3. The highest BCUT2D eigenvalue weighted by molar-refractivity contribution is 5.90. The molecule has 0 radical (unpaired) electrons. The second kappa shape index (κ2) is 4.60. The molecule has 0 bridgehead atoms. The Hall–Kier alpha value is -2.44. The van der Waals surface area contributed by atoms with Crippen molar-refractivity contribution in [1.82, 2.24) is 14.8 Å². The van der Waals surface area contributed by atoms with E-state index in [1.807, 2.05) is 0 Å². The Morgan fingerprint density at radius 2 is 2.35 bits per heavy atom. The van der Waals surface area contributed by atoms with Crippen LogP contribution in [0.25, 0.3) is 0 Å². The first-order valence-electron chi connectivity index (χ1n) is 4.84. The minimum atomic E-state index is -0.409. The Bertz CT molecular complexity index is 539. The third-order valence-corrected chi connectivity index (χ3v) is 1.97. The molecule has 0 atom stereocenters. The van der Waals surface area contributed by atoms with E-state index in [1.165, 1.54) is 29.2 Å². The average molecular weight is 235 g/mol. The molecule has 7 heteroatoms. The van der Waals surface area contributed by atoms with E-state index >= 15 is 0 Å². The van der Waals surface area contributed by atoms with Gasteiger partial charge in [0.05, 0.1) is 0 Å². The first-order valence-corrected chi connectivity index (χ1v) is 4.84. The zero-order valence-corrected chi connectivity index (χ0v) is 8.80. The maximum Gasteiger partial charge on any atom is 0.246 e. The van der Waals surface area contributed by atoms with E-state index in [2.05, 4.69) is 15.4 Å². The number of benzene rings is 1. The fraction of sp³-hybridized carbons (Fsp3) is 0.100. The molecule has 2 rings (SSSR count). The van der Waals surface area contributed by atoms with Gasteiger partial charge in [0.15, 0.2) is 0 Å². The largest absolute Gasteiger partial charge is 0.367 e. The first-order chi connectivity index (χ1) is 8.13. The minimum Gasteiger partial charge on any atom is -0.367 e. The molecule has 1 heterocycles. The summed E-state index contributed by atoms with van der Waals surface area (Å²) in [6.07, 6.45) is 1.35. The zero-order valence-electron chi connectivity index (χ0n) is 8.80. The molecule has 2 aromatic rings. The van der Waals surface area contributed by atoms with Crippen LogP contribution in [-0.2, 0) is 11.3 Å². The molecule has 0 spiro atoms. The lowest BCUT2D eigenvalue weighted by atomic mass is 10.3. The fourth-order valence-electron chi connectivity index (χ4n) is 1.30. The van der Waals surface area contributed by atoms with E-state index < -0.39 is 5.82 Å². The van der Waals surface area contributed by atoms with E-state index in [0.29, 0.717) is 5.69 Å². The molecule has 88 valence electrons. The molecule has 3 N–H and O–H groups in total. The van der Waals surface area contributed by atoms with Crippen LogP contribution < -0.4 is 11.1 Å². The van der Waals surface area contributed by atoms with Crippen molar-refractivity contribution < 1.29 is 9.18 Å². The SMILES string of the molecule is Nc1ncn(CC(=O)Nc2cccc(F)c2)n1. The molecule has 1 amide bonds. The number of nitrogens with one attached hydrogen (secondary N) is 1. The van der Waals surface area contributed by atoms with Gasteiger partial charge in [-0.05, 0) is 18.2 Å². The lowest BCUT2D eigenvalue weighted by Gasteiger charge is -2.04. The lowest BCUT2D eigenvalue weighted by molar-refractivity contribution is -0.116. The average Bonchev–Trinajstić information content (AvgIpc) is 2.63. The second-order valence-corrected chi connectivity index (χ2v) is 3.36. The maximum absolute atomic E-state index is 12.9. The number of halogens is 1. The minimum absolute atomic E-state index is 0.0271. The summed E-state index contributed by atoms with van der Waals surface area (Å²) in [6.45, 7) is -0.0271. The van der Waals surface area contributed by atoms with E-state index in [-0.39, 0.29) is 18.4 Å². The smallest absolute Gasteiger partial charge is 0.246 e. The summed E-state index contributed by atoms with van der Waals surface area (Å²) >= 11 is 0. The van der Waals surface area contributed by atoms with Gasteiger partial charge in [0, 0.05) is 5.69 Å². The van der Waals surface area contributed by atoms with Crippen molar-refractivity contribution in [3.63, 3.8) is 0 Å². The standard InChI is InChI=1S/C10H10FN5O/c11-7-2-1-3-8(4-7)14-9(17)5-16-6-13-10(12)15-16/h1-4,6H,5H2,(H2,12,15)(H,14,17). The number of hydrogen-bond acceptors (Lipinski definition) is 4. The number of hydrogen-bond donors (Lipinski definition) is 2. The van der Waals surface area contributed by atoms with Crippen LogP contribution in [0.5, 0.6) is 0 Å². The van der Waals surface area contributed by atoms with Crippen molar-refractivity contribution in [2.75, 3.05) is 11.1 Å². The van der Waals surface area contributed by atoms with E-state index in [1.54, 1.807) is 6.07 Å². The van der Waals surface area contributed by atoms with Crippen LogP contribution in [-0.4, -0.2) is 20.7 Å². The number of anilines is 2. The van der Waals surface area contributed by atoms with Crippen molar-refractivity contribution in [1.29, 1.82) is 0 Å². The Balaban J connectivity index is 1.98. The Morgan fingerprint density at radius 1 is 1.53 bits per heavy atom. The van der Waals surface area contributed by atoms with Gasteiger partial charge in [-0.25, -0.2) is 14.1 Å². The summed E-state index contributed by atoms with van der Waals surface area (Å²) < 4.78 is 14.1. The highest BCUT2D eigenvalue weighted by atomic mass is 19.1. The lowest BCUT2D eigenvalue weighted by Crippen LogP contribution is -2.19. The number of amides is 1. The summed E-state index contributed by atoms with van der Waals surface area (Å²) in [4.78, 5) is 15.2. The molecular formula is C10H10FN5O. The molecule has 6 nitrogen and oxygen atoms in total. The van der Waals surface area contributed by atoms with E-state index in [0.717, 1.165) is 0 Å². The summed E-state index contributed by atoms with van der Waals surface area (Å²) in [5, 5.41) is 6.29. The molecule has 0 aliphatic heterocycles. The van der Waals surface area contributed by atoms with Crippen molar-refractivity contribution >= 4 is 17.5 Å². The summed E-state index contributed by atoms with van der Waals surface area (Å²) in [5.74, 6) is -0.642. The molecule has 0 saturated carbocycles. The Labute approximate surface area is 96.3 Å². The summed E-state index contributed by atoms with van der Waals surface area (Å²) in [7, 11) is 0. The van der Waals surface area contributed by atoms with E-state index in [4.69, 9.17) is 5.73 Å². The van der Waals surface area contributed by atoms with Crippen molar-refractivity contribution in [2.24, 2.45) is 0 Å². The maximum atomic E-state index is 12.9. The first kappa shape index (κ1) is 11.1. The number of carbonyl (C=O) groups excluding carboxylic acids is 1. The van der Waals surface area contributed by atoms with Gasteiger partial charge in [-0.15, -0.1) is 5.10 Å². The van der Waals surface area contributed by atoms with Gasteiger partial charge in [-0.3, -0.25) is 4.79 Å². The van der Waals surface area contributed by atoms with Gasteiger partial charge in [0.25, 0.3) is 0 Å². The third-order valence-electron chi connectivity index (χ3n) is 1.97. The number of nitrogen functional groups attached to an aromatic ring is 1. The van der Waals surface area contributed by atoms with Crippen molar-refractivity contribution in [2.45, 2.75) is 6.54 Å². The number of nitrogens with two attached hydrogens (primary N) is 1. The summed E-state index contributed by atoms with van der Waals surface area (Å²) in [6, 6.07) is 5.64. The van der Waals surface area contributed by atoms with Crippen LogP contribution in [0, 0.1) is 5.82 Å². The molecule has 0 aliphatic carbocycles. The second-order valence-electron chi connectivity index (χ2n) is 3.36. The highest BCUT2D eigenvalue weighted by Crippen LogP contribution is 2.08. The van der Waals surface area contributed by atoms with Crippen molar-refractivity contribution in [3.05, 3.63) is 36.4 Å². The number of carbonyl (C=O) groups is 1. The van der Waals surface area contributed by atoms with Gasteiger partial charge >= 0.3 is 0 Å². The van der Waals surface area contributed by atoms with Crippen LogP contribution in [0.4, 0.5) is 16.0 Å². The molecule has 0 fully saturated rings.